The van der Waals surface area contributed by atoms with Crippen LogP contribution in [0.5, 0.6) is 0 Å². The first-order chi connectivity index (χ1) is 14.2. The van der Waals surface area contributed by atoms with Gasteiger partial charge in [0.2, 0.25) is 0 Å². The van der Waals surface area contributed by atoms with Crippen molar-refractivity contribution in [3.05, 3.63) is 66.7 Å². The van der Waals surface area contributed by atoms with E-state index in [9.17, 15) is 19.2 Å². The number of hydrogen-bond donors (Lipinski definition) is 1. The number of carboxylic acids is 1. The predicted molar refractivity (Wildman–Crippen MR) is 114 cm³/mol. The molecule has 0 aliphatic carbocycles. The van der Waals surface area contributed by atoms with E-state index in [1.165, 1.54) is 4.57 Å². The summed E-state index contributed by atoms with van der Waals surface area (Å²) in [6.07, 6.45) is 0.506. The average Bonchev–Trinajstić information content (AvgIpc) is 3.04. The molecule has 0 saturated carbocycles. The molecule has 0 bridgehead atoms. The first-order valence-corrected chi connectivity index (χ1v) is 10.3. The Hall–Kier alpha value is -3.20. The van der Waals surface area contributed by atoms with Crippen LogP contribution in [-0.4, -0.2) is 32.8 Å². The van der Waals surface area contributed by atoms with Crippen molar-refractivity contribution in [3.8, 4) is 0 Å². The maximum Gasteiger partial charge on any atom is 0.348 e. The number of aryl methyl sites for hydroxylation is 4. The Balaban J connectivity index is 2.19. The van der Waals surface area contributed by atoms with Gasteiger partial charge in [0.25, 0.3) is 5.56 Å². The Morgan fingerprint density at radius 3 is 2.37 bits per heavy atom. The number of rotatable bonds is 7. The minimum absolute atomic E-state index is 0.174. The zero-order valence-corrected chi connectivity index (χ0v) is 17.7. The van der Waals surface area contributed by atoms with Gasteiger partial charge < -0.3 is 9.84 Å². The van der Waals surface area contributed by atoms with Crippen LogP contribution in [0.1, 0.15) is 33.3 Å². The predicted octanol–water partition coefficient (Wildman–Crippen LogP) is 2.35. The van der Waals surface area contributed by atoms with Crippen LogP contribution in [0.15, 0.2) is 33.9 Å². The minimum atomic E-state index is -1.29. The second-order valence-electron chi connectivity index (χ2n) is 6.91. The summed E-state index contributed by atoms with van der Waals surface area (Å²) in [6.45, 7) is 4.92. The fourth-order valence-corrected chi connectivity index (χ4v) is 4.47. The standard InChI is InChI=1S/C21H22N2O6S/c1-4-29-20(27)17-13(3)16-18(26)23(11-15(24)25)21(28)22(19(16)30-17)10-9-14-7-5-12(2)6-8-14/h5-8H,4,9-11H2,1-3H3,(H,24,25). The van der Waals surface area contributed by atoms with E-state index < -0.39 is 29.7 Å². The van der Waals surface area contributed by atoms with Crippen molar-refractivity contribution in [2.75, 3.05) is 6.61 Å². The van der Waals surface area contributed by atoms with E-state index in [4.69, 9.17) is 9.84 Å². The summed E-state index contributed by atoms with van der Waals surface area (Å²) in [6, 6.07) is 7.84. The number of ether oxygens (including phenoxy) is 1. The summed E-state index contributed by atoms with van der Waals surface area (Å²) in [5, 5.41) is 9.34. The molecule has 9 heteroatoms. The number of hydrogen-bond acceptors (Lipinski definition) is 6. The van der Waals surface area contributed by atoms with E-state index in [2.05, 4.69) is 0 Å². The van der Waals surface area contributed by atoms with Crippen molar-refractivity contribution >= 4 is 33.5 Å². The van der Waals surface area contributed by atoms with Gasteiger partial charge in [0.1, 0.15) is 16.3 Å². The number of aliphatic carboxylic acids is 1. The smallest absolute Gasteiger partial charge is 0.348 e. The maximum absolute atomic E-state index is 13.0. The van der Waals surface area contributed by atoms with Crippen molar-refractivity contribution in [2.24, 2.45) is 0 Å². The third-order valence-corrected chi connectivity index (χ3v) is 6.09. The minimum Gasteiger partial charge on any atom is -0.480 e. The number of fused-ring (bicyclic) bond motifs is 1. The highest BCUT2D eigenvalue weighted by atomic mass is 32.1. The molecule has 0 spiro atoms. The van der Waals surface area contributed by atoms with Gasteiger partial charge >= 0.3 is 17.6 Å². The van der Waals surface area contributed by atoms with E-state index in [0.717, 1.165) is 22.5 Å². The van der Waals surface area contributed by atoms with Crippen LogP contribution in [0.4, 0.5) is 0 Å². The summed E-state index contributed by atoms with van der Waals surface area (Å²) in [5.41, 5.74) is 1.07. The molecule has 0 fully saturated rings. The van der Waals surface area contributed by atoms with Gasteiger partial charge in [0.15, 0.2) is 0 Å². The molecule has 158 valence electrons. The number of carboxylic acid groups (broad SMARTS) is 1. The molecule has 3 aromatic rings. The lowest BCUT2D eigenvalue weighted by molar-refractivity contribution is -0.137. The first kappa shape index (κ1) is 21.5. The monoisotopic (exact) mass is 430 g/mol. The SMILES string of the molecule is CCOC(=O)c1sc2c(c1C)c(=O)n(CC(=O)O)c(=O)n2CCc1ccc(C)cc1. The molecule has 0 amide bonds. The molecule has 2 aromatic heterocycles. The van der Waals surface area contributed by atoms with Crippen molar-refractivity contribution in [3.63, 3.8) is 0 Å². The second kappa shape index (κ2) is 8.66. The van der Waals surface area contributed by atoms with E-state index in [1.807, 2.05) is 31.2 Å². The second-order valence-corrected chi connectivity index (χ2v) is 7.91. The van der Waals surface area contributed by atoms with Crippen LogP contribution in [0.3, 0.4) is 0 Å². The molecule has 0 aliphatic rings. The van der Waals surface area contributed by atoms with E-state index >= 15 is 0 Å². The largest absolute Gasteiger partial charge is 0.480 e. The van der Waals surface area contributed by atoms with E-state index in [-0.39, 0.29) is 23.4 Å². The van der Waals surface area contributed by atoms with Gasteiger partial charge in [-0.2, -0.15) is 0 Å². The summed E-state index contributed by atoms with van der Waals surface area (Å²) in [4.78, 5) is 50.0. The van der Waals surface area contributed by atoms with Crippen LogP contribution in [-0.2, 0) is 29.0 Å². The Morgan fingerprint density at radius 2 is 1.77 bits per heavy atom. The summed E-state index contributed by atoms with van der Waals surface area (Å²) in [5.74, 6) is -1.87. The van der Waals surface area contributed by atoms with Crippen molar-refractivity contribution in [2.45, 2.75) is 40.3 Å². The lowest BCUT2D eigenvalue weighted by atomic mass is 10.1. The molecule has 0 aliphatic heterocycles. The number of aromatic nitrogens is 2. The normalized spacial score (nSPS) is 11.0. The molecule has 1 aromatic carbocycles. The van der Waals surface area contributed by atoms with Gasteiger partial charge in [-0.05, 0) is 38.3 Å². The number of nitrogens with zero attached hydrogens (tertiary/aromatic N) is 2. The molecule has 1 N–H and O–H groups in total. The van der Waals surface area contributed by atoms with Gasteiger partial charge in [-0.1, -0.05) is 29.8 Å². The van der Waals surface area contributed by atoms with Gasteiger partial charge in [-0.15, -0.1) is 11.3 Å². The van der Waals surface area contributed by atoms with Crippen molar-refractivity contribution in [1.82, 2.24) is 9.13 Å². The molecule has 0 radical (unpaired) electrons. The number of benzene rings is 1. The van der Waals surface area contributed by atoms with Gasteiger partial charge in [0.05, 0.1) is 12.0 Å². The quantitative estimate of drug-likeness (QED) is 0.577. The van der Waals surface area contributed by atoms with Crippen LogP contribution in [0.2, 0.25) is 0 Å². The molecule has 8 nitrogen and oxygen atoms in total. The molecule has 0 saturated heterocycles. The Labute approximate surface area is 176 Å². The zero-order chi connectivity index (χ0) is 22.0. The Kier molecular flexibility index (Phi) is 6.21. The molecule has 0 unspecified atom stereocenters. The number of esters is 1. The highest BCUT2D eigenvalue weighted by Crippen LogP contribution is 2.28. The summed E-state index contributed by atoms with van der Waals surface area (Å²) >= 11 is 1.02. The highest BCUT2D eigenvalue weighted by molar-refractivity contribution is 7.20. The molecular formula is C21H22N2O6S. The molecule has 30 heavy (non-hydrogen) atoms. The first-order valence-electron chi connectivity index (χ1n) is 9.45. The van der Waals surface area contributed by atoms with Gasteiger partial charge in [0, 0.05) is 6.54 Å². The summed E-state index contributed by atoms with van der Waals surface area (Å²) < 4.78 is 7.14. The number of carbonyl (C=O) groups excluding carboxylic acids is 1. The molecule has 0 atom stereocenters. The third-order valence-electron chi connectivity index (χ3n) is 4.79. The fraction of sp³-hybridized carbons (Fsp3) is 0.333. The Bertz CT molecular complexity index is 1230. The van der Waals surface area contributed by atoms with Crippen LogP contribution in [0.25, 0.3) is 10.2 Å². The molecule has 3 rings (SSSR count). The zero-order valence-electron chi connectivity index (χ0n) is 16.9. The van der Waals surface area contributed by atoms with Crippen LogP contribution >= 0.6 is 11.3 Å². The van der Waals surface area contributed by atoms with Crippen molar-refractivity contribution in [1.29, 1.82) is 0 Å². The maximum atomic E-state index is 13.0. The van der Waals surface area contributed by atoms with Crippen LogP contribution < -0.4 is 11.2 Å². The Morgan fingerprint density at radius 1 is 1.10 bits per heavy atom. The average molecular weight is 430 g/mol. The molecular weight excluding hydrogens is 408 g/mol. The van der Waals surface area contributed by atoms with E-state index in [1.54, 1.807) is 13.8 Å². The van der Waals surface area contributed by atoms with Crippen molar-refractivity contribution < 1.29 is 19.4 Å². The number of thiophene rings is 1. The lowest BCUT2D eigenvalue weighted by Crippen LogP contribution is -2.41. The van der Waals surface area contributed by atoms with Gasteiger partial charge in [-0.3, -0.25) is 14.2 Å². The van der Waals surface area contributed by atoms with Crippen LogP contribution in [0, 0.1) is 13.8 Å². The third kappa shape index (κ3) is 4.06. The highest BCUT2D eigenvalue weighted by Gasteiger charge is 2.24. The summed E-state index contributed by atoms with van der Waals surface area (Å²) in [7, 11) is 0. The lowest BCUT2D eigenvalue weighted by Gasteiger charge is -2.11. The number of carbonyl (C=O) groups is 2. The fourth-order valence-electron chi connectivity index (χ4n) is 3.25. The van der Waals surface area contributed by atoms with Gasteiger partial charge in [-0.25, -0.2) is 14.2 Å². The molecule has 2 heterocycles. The topological polar surface area (TPSA) is 108 Å². The van der Waals surface area contributed by atoms with E-state index in [0.29, 0.717) is 21.4 Å².